The Balaban J connectivity index is 1.81. The second kappa shape index (κ2) is 4.70. The number of halogens is 1. The number of hydrogen-bond donors (Lipinski definition) is 1. The lowest BCUT2D eigenvalue weighted by molar-refractivity contribution is 0.297. The van der Waals surface area contributed by atoms with Crippen LogP contribution in [0.25, 0.3) is 11.0 Å². The molecule has 0 aliphatic carbocycles. The van der Waals surface area contributed by atoms with E-state index in [4.69, 9.17) is 16.3 Å². The zero-order valence-electron chi connectivity index (χ0n) is 9.56. The van der Waals surface area contributed by atoms with Crippen LogP contribution in [0.5, 0.6) is 5.75 Å². The Morgan fingerprint density at radius 1 is 1.06 bits per heavy atom. The van der Waals surface area contributed by atoms with Crippen LogP contribution in [0.15, 0.2) is 48.5 Å². The van der Waals surface area contributed by atoms with Crippen molar-refractivity contribution in [3.63, 3.8) is 0 Å². The van der Waals surface area contributed by atoms with Crippen molar-refractivity contribution in [1.82, 2.24) is 9.97 Å². The van der Waals surface area contributed by atoms with E-state index < -0.39 is 0 Å². The lowest BCUT2D eigenvalue weighted by atomic mass is 10.3. The number of ether oxygens (including phenoxy) is 1. The lowest BCUT2D eigenvalue weighted by Crippen LogP contribution is -1.96. The predicted molar refractivity (Wildman–Crippen MR) is 71.9 cm³/mol. The molecule has 0 aliphatic rings. The molecule has 1 N–H and O–H groups in total. The van der Waals surface area contributed by atoms with Gasteiger partial charge in [-0.15, -0.1) is 0 Å². The highest BCUT2D eigenvalue weighted by Crippen LogP contribution is 2.21. The van der Waals surface area contributed by atoms with Gasteiger partial charge in [0.2, 0.25) is 0 Å². The SMILES string of the molecule is Clc1cccc2[nH]c(COc3ccccc3)nc12. The predicted octanol–water partition coefficient (Wildman–Crippen LogP) is 3.80. The van der Waals surface area contributed by atoms with Gasteiger partial charge in [-0.2, -0.15) is 0 Å². The van der Waals surface area contributed by atoms with Gasteiger partial charge in [0.1, 0.15) is 23.7 Å². The van der Waals surface area contributed by atoms with Crippen LogP contribution < -0.4 is 4.74 Å². The molecule has 0 spiro atoms. The minimum Gasteiger partial charge on any atom is -0.486 e. The highest BCUT2D eigenvalue weighted by atomic mass is 35.5. The number of imidazole rings is 1. The fourth-order valence-electron chi connectivity index (χ4n) is 1.78. The molecule has 90 valence electrons. The van der Waals surface area contributed by atoms with E-state index in [0.29, 0.717) is 11.6 Å². The Hall–Kier alpha value is -2.00. The molecule has 0 amide bonds. The molecule has 2 aromatic carbocycles. The van der Waals surface area contributed by atoms with Gasteiger partial charge in [0.15, 0.2) is 0 Å². The average Bonchev–Trinajstić information content (AvgIpc) is 2.82. The first-order valence-electron chi connectivity index (χ1n) is 5.64. The van der Waals surface area contributed by atoms with E-state index in [1.165, 1.54) is 0 Å². The number of benzene rings is 2. The third-order valence-corrected chi connectivity index (χ3v) is 2.94. The molecule has 3 rings (SSSR count). The number of hydrogen-bond acceptors (Lipinski definition) is 2. The molecule has 0 saturated heterocycles. The molecule has 0 radical (unpaired) electrons. The van der Waals surface area contributed by atoms with Gasteiger partial charge >= 0.3 is 0 Å². The Kier molecular flexibility index (Phi) is 2.90. The third kappa shape index (κ3) is 2.17. The minimum absolute atomic E-state index is 0.398. The molecule has 0 saturated carbocycles. The Bertz CT molecular complexity index is 664. The maximum absolute atomic E-state index is 6.06. The topological polar surface area (TPSA) is 37.9 Å². The molecule has 0 bridgehead atoms. The van der Waals surface area contributed by atoms with Crippen molar-refractivity contribution in [1.29, 1.82) is 0 Å². The standard InChI is InChI=1S/C14H11ClN2O/c15-11-7-4-8-12-14(11)17-13(16-12)9-18-10-5-2-1-3-6-10/h1-8H,9H2,(H,16,17). The summed E-state index contributed by atoms with van der Waals surface area (Å²) in [4.78, 5) is 7.60. The molecular weight excluding hydrogens is 248 g/mol. The normalized spacial score (nSPS) is 10.7. The number of aromatic amines is 1. The maximum Gasteiger partial charge on any atom is 0.146 e. The van der Waals surface area contributed by atoms with Crippen molar-refractivity contribution in [3.05, 3.63) is 59.4 Å². The highest BCUT2D eigenvalue weighted by molar-refractivity contribution is 6.34. The Morgan fingerprint density at radius 2 is 1.89 bits per heavy atom. The first kappa shape index (κ1) is 11.1. The fourth-order valence-corrected chi connectivity index (χ4v) is 2.00. The van der Waals surface area contributed by atoms with E-state index in [9.17, 15) is 0 Å². The van der Waals surface area contributed by atoms with E-state index >= 15 is 0 Å². The van der Waals surface area contributed by atoms with Crippen LogP contribution in [-0.4, -0.2) is 9.97 Å². The zero-order chi connectivity index (χ0) is 12.4. The van der Waals surface area contributed by atoms with E-state index in [2.05, 4.69) is 9.97 Å². The number of aromatic nitrogens is 2. The number of rotatable bonds is 3. The quantitative estimate of drug-likeness (QED) is 0.776. The lowest BCUT2D eigenvalue weighted by Gasteiger charge is -2.02. The summed E-state index contributed by atoms with van der Waals surface area (Å²) in [6.45, 7) is 0.398. The average molecular weight is 259 g/mol. The van der Waals surface area contributed by atoms with Crippen molar-refractivity contribution < 1.29 is 4.74 Å². The molecule has 1 heterocycles. The van der Waals surface area contributed by atoms with E-state index in [1.54, 1.807) is 0 Å². The second-order valence-corrected chi connectivity index (χ2v) is 4.33. The number of para-hydroxylation sites is 2. The first-order chi connectivity index (χ1) is 8.83. The van der Waals surface area contributed by atoms with Gasteiger partial charge in [0.25, 0.3) is 0 Å². The van der Waals surface area contributed by atoms with Gasteiger partial charge in [-0.3, -0.25) is 0 Å². The molecule has 3 nitrogen and oxygen atoms in total. The summed E-state index contributed by atoms with van der Waals surface area (Å²) in [7, 11) is 0. The molecule has 0 aliphatic heterocycles. The van der Waals surface area contributed by atoms with Crippen molar-refractivity contribution in [3.8, 4) is 5.75 Å². The minimum atomic E-state index is 0.398. The molecule has 0 atom stereocenters. The van der Waals surface area contributed by atoms with Gasteiger partial charge in [-0.25, -0.2) is 4.98 Å². The smallest absolute Gasteiger partial charge is 0.146 e. The third-order valence-electron chi connectivity index (χ3n) is 2.63. The van der Waals surface area contributed by atoms with Crippen LogP contribution in [-0.2, 0) is 6.61 Å². The van der Waals surface area contributed by atoms with E-state index in [0.717, 1.165) is 22.6 Å². The van der Waals surface area contributed by atoms with Crippen molar-refractivity contribution >= 4 is 22.6 Å². The summed E-state index contributed by atoms with van der Waals surface area (Å²) in [5.41, 5.74) is 1.71. The van der Waals surface area contributed by atoms with Crippen molar-refractivity contribution in [2.45, 2.75) is 6.61 Å². The number of nitrogens with zero attached hydrogens (tertiary/aromatic N) is 1. The van der Waals surface area contributed by atoms with Crippen LogP contribution in [0.2, 0.25) is 5.02 Å². The second-order valence-electron chi connectivity index (χ2n) is 3.92. The summed E-state index contributed by atoms with van der Waals surface area (Å²) in [5.74, 6) is 1.59. The van der Waals surface area contributed by atoms with Gasteiger partial charge in [0.05, 0.1) is 10.5 Å². The van der Waals surface area contributed by atoms with Crippen LogP contribution in [0.1, 0.15) is 5.82 Å². The number of fused-ring (bicyclic) bond motifs is 1. The molecule has 4 heteroatoms. The van der Waals surface area contributed by atoms with Gasteiger partial charge in [0, 0.05) is 0 Å². The number of H-pyrrole nitrogens is 1. The molecule has 1 aromatic heterocycles. The summed E-state index contributed by atoms with van der Waals surface area (Å²) in [6, 6.07) is 15.3. The number of nitrogens with one attached hydrogen (secondary N) is 1. The van der Waals surface area contributed by atoms with Gasteiger partial charge in [-0.05, 0) is 24.3 Å². The largest absolute Gasteiger partial charge is 0.486 e. The Morgan fingerprint density at radius 3 is 2.67 bits per heavy atom. The fraction of sp³-hybridized carbons (Fsp3) is 0.0714. The maximum atomic E-state index is 6.06. The van der Waals surface area contributed by atoms with E-state index in [1.807, 2.05) is 48.5 Å². The van der Waals surface area contributed by atoms with E-state index in [-0.39, 0.29) is 0 Å². The van der Waals surface area contributed by atoms with Crippen LogP contribution in [0.3, 0.4) is 0 Å². The van der Waals surface area contributed by atoms with Gasteiger partial charge in [-0.1, -0.05) is 35.9 Å². The van der Waals surface area contributed by atoms with Crippen molar-refractivity contribution in [2.24, 2.45) is 0 Å². The monoisotopic (exact) mass is 258 g/mol. The summed E-state index contributed by atoms with van der Waals surface area (Å²) < 4.78 is 5.62. The van der Waals surface area contributed by atoms with Crippen LogP contribution in [0.4, 0.5) is 0 Å². The first-order valence-corrected chi connectivity index (χ1v) is 6.02. The molecule has 0 unspecified atom stereocenters. The molecule has 3 aromatic rings. The molecule has 18 heavy (non-hydrogen) atoms. The summed E-state index contributed by atoms with van der Waals surface area (Å²) in [6.07, 6.45) is 0. The van der Waals surface area contributed by atoms with Crippen molar-refractivity contribution in [2.75, 3.05) is 0 Å². The highest BCUT2D eigenvalue weighted by Gasteiger charge is 2.06. The summed E-state index contributed by atoms with van der Waals surface area (Å²) in [5, 5.41) is 0.648. The zero-order valence-corrected chi connectivity index (χ0v) is 10.3. The Labute approximate surface area is 109 Å². The van der Waals surface area contributed by atoms with Gasteiger partial charge < -0.3 is 9.72 Å². The molecular formula is C14H11ClN2O. The van der Waals surface area contributed by atoms with Crippen LogP contribution >= 0.6 is 11.6 Å². The summed E-state index contributed by atoms with van der Waals surface area (Å²) >= 11 is 6.06. The molecule has 0 fully saturated rings. The van der Waals surface area contributed by atoms with Crippen LogP contribution in [0, 0.1) is 0 Å².